The van der Waals surface area contributed by atoms with E-state index in [-0.39, 0.29) is 6.04 Å². The Morgan fingerprint density at radius 2 is 2.14 bits per heavy atom. The van der Waals surface area contributed by atoms with E-state index in [0.29, 0.717) is 5.75 Å². The van der Waals surface area contributed by atoms with E-state index in [0.717, 1.165) is 12.2 Å². The van der Waals surface area contributed by atoms with Gasteiger partial charge in [-0.3, -0.25) is 0 Å². The van der Waals surface area contributed by atoms with Gasteiger partial charge in [-0.2, -0.15) is 0 Å². The molecular formula is C11H15NOS. The molecule has 0 bridgehead atoms. The average molecular weight is 209 g/mol. The predicted octanol–water partition coefficient (Wildman–Crippen LogP) is 2.62. The van der Waals surface area contributed by atoms with Crippen molar-refractivity contribution in [3.05, 3.63) is 35.9 Å². The second-order valence-electron chi connectivity index (χ2n) is 3.59. The molecule has 2 atom stereocenters. The second-order valence-corrected chi connectivity index (χ2v) is 6.33. The van der Waals surface area contributed by atoms with Gasteiger partial charge in [0.2, 0.25) is 0 Å². The molecule has 76 valence electrons. The van der Waals surface area contributed by atoms with Crippen LogP contribution in [0.1, 0.15) is 24.9 Å². The van der Waals surface area contributed by atoms with Crippen LogP contribution in [0, 0.1) is 0 Å². The van der Waals surface area contributed by atoms with Gasteiger partial charge in [0, 0.05) is 21.2 Å². The predicted molar refractivity (Wildman–Crippen MR) is 59.8 cm³/mol. The van der Waals surface area contributed by atoms with Crippen LogP contribution >= 0.6 is 0 Å². The molecule has 1 aliphatic heterocycles. The van der Waals surface area contributed by atoms with Crippen molar-refractivity contribution < 1.29 is 4.21 Å². The van der Waals surface area contributed by atoms with E-state index in [1.54, 1.807) is 0 Å². The van der Waals surface area contributed by atoms with Crippen molar-refractivity contribution >= 4 is 9.73 Å². The molecule has 1 heterocycles. The highest BCUT2D eigenvalue weighted by Gasteiger charge is 2.22. The van der Waals surface area contributed by atoms with E-state index in [2.05, 4.69) is 16.5 Å². The molecule has 0 radical (unpaired) electrons. The van der Waals surface area contributed by atoms with E-state index in [1.807, 2.05) is 25.1 Å². The Bertz CT molecular complexity index is 418. The molecule has 0 aromatic heterocycles. The zero-order valence-electron chi connectivity index (χ0n) is 8.35. The van der Waals surface area contributed by atoms with E-state index in [9.17, 15) is 4.21 Å². The van der Waals surface area contributed by atoms with Crippen molar-refractivity contribution in [3.8, 4) is 0 Å². The summed E-state index contributed by atoms with van der Waals surface area (Å²) in [4.78, 5) is 0. The van der Waals surface area contributed by atoms with Gasteiger partial charge in [-0.25, -0.2) is 8.57 Å². The Labute approximate surface area is 85.5 Å². The highest BCUT2D eigenvalue weighted by atomic mass is 32.2. The standard InChI is InChI=1S/C11H15NOS/c1-2-14(13)9-8-11(12-14)10-6-4-3-5-7-10/h3-7,11H,2,8-9H2,1H3. The summed E-state index contributed by atoms with van der Waals surface area (Å²) in [6.07, 6.45) is 0.941. The maximum atomic E-state index is 12.0. The number of rotatable bonds is 2. The summed E-state index contributed by atoms with van der Waals surface area (Å²) in [6.45, 7) is 1.96. The second kappa shape index (κ2) is 3.73. The maximum absolute atomic E-state index is 12.0. The third-order valence-electron chi connectivity index (χ3n) is 2.67. The van der Waals surface area contributed by atoms with Gasteiger partial charge in [0.25, 0.3) is 0 Å². The molecule has 2 nitrogen and oxygen atoms in total. The minimum absolute atomic E-state index is 0.170. The van der Waals surface area contributed by atoms with Crippen molar-refractivity contribution in [2.24, 2.45) is 4.36 Å². The van der Waals surface area contributed by atoms with E-state index >= 15 is 0 Å². The first-order valence-electron chi connectivity index (χ1n) is 5.00. The number of benzene rings is 1. The normalized spacial score (nSPS) is 31.4. The van der Waals surface area contributed by atoms with E-state index in [1.165, 1.54) is 5.56 Å². The van der Waals surface area contributed by atoms with Crippen LogP contribution in [0.5, 0.6) is 0 Å². The fraction of sp³-hybridized carbons (Fsp3) is 0.455. The third-order valence-corrected chi connectivity index (χ3v) is 5.08. The fourth-order valence-corrected chi connectivity index (χ4v) is 3.58. The summed E-state index contributed by atoms with van der Waals surface area (Å²) in [5, 5.41) is 0. The zero-order chi connectivity index (χ0) is 10.0. The minimum Gasteiger partial charge on any atom is -0.250 e. The summed E-state index contributed by atoms with van der Waals surface area (Å²) in [7, 11) is -1.86. The van der Waals surface area contributed by atoms with Gasteiger partial charge in [0.1, 0.15) is 0 Å². The summed E-state index contributed by atoms with van der Waals surface area (Å²) in [5.74, 6) is 1.46. The van der Waals surface area contributed by atoms with Crippen LogP contribution in [0.2, 0.25) is 0 Å². The van der Waals surface area contributed by atoms with Crippen LogP contribution in [0.3, 0.4) is 0 Å². The van der Waals surface area contributed by atoms with E-state index in [4.69, 9.17) is 0 Å². The van der Waals surface area contributed by atoms with Gasteiger partial charge in [-0.05, 0) is 12.0 Å². The van der Waals surface area contributed by atoms with Gasteiger partial charge < -0.3 is 0 Å². The first kappa shape index (κ1) is 9.71. The number of nitrogens with zero attached hydrogens (tertiary/aromatic N) is 1. The first-order valence-corrected chi connectivity index (χ1v) is 6.85. The van der Waals surface area contributed by atoms with Crippen molar-refractivity contribution in [3.63, 3.8) is 0 Å². The molecule has 2 unspecified atom stereocenters. The van der Waals surface area contributed by atoms with Crippen LogP contribution in [-0.2, 0) is 9.73 Å². The molecule has 3 heteroatoms. The highest BCUT2D eigenvalue weighted by Crippen LogP contribution is 2.29. The lowest BCUT2D eigenvalue weighted by Gasteiger charge is -2.04. The van der Waals surface area contributed by atoms with Crippen molar-refractivity contribution in [1.29, 1.82) is 0 Å². The van der Waals surface area contributed by atoms with E-state index < -0.39 is 9.73 Å². The molecule has 0 saturated heterocycles. The molecule has 1 aliphatic rings. The Morgan fingerprint density at radius 3 is 2.71 bits per heavy atom. The van der Waals surface area contributed by atoms with Crippen LogP contribution < -0.4 is 0 Å². The van der Waals surface area contributed by atoms with Gasteiger partial charge in [-0.1, -0.05) is 37.3 Å². The van der Waals surface area contributed by atoms with Crippen LogP contribution in [0.4, 0.5) is 0 Å². The molecule has 0 amide bonds. The van der Waals surface area contributed by atoms with Crippen molar-refractivity contribution in [2.45, 2.75) is 19.4 Å². The Kier molecular flexibility index (Phi) is 2.59. The first-order chi connectivity index (χ1) is 6.73. The topological polar surface area (TPSA) is 29.4 Å². The summed E-state index contributed by atoms with van der Waals surface area (Å²) >= 11 is 0. The molecule has 0 fully saturated rings. The molecular weight excluding hydrogens is 194 g/mol. The molecule has 14 heavy (non-hydrogen) atoms. The van der Waals surface area contributed by atoms with Crippen molar-refractivity contribution in [2.75, 3.05) is 11.5 Å². The minimum atomic E-state index is -1.86. The zero-order valence-corrected chi connectivity index (χ0v) is 9.17. The molecule has 0 N–H and O–H groups in total. The largest absolute Gasteiger partial charge is 0.250 e. The van der Waals surface area contributed by atoms with Gasteiger partial charge in [0.15, 0.2) is 0 Å². The lowest BCUT2D eigenvalue weighted by atomic mass is 10.1. The number of hydrogen-bond donors (Lipinski definition) is 0. The lowest BCUT2D eigenvalue weighted by molar-refractivity contribution is 0.679. The monoisotopic (exact) mass is 209 g/mol. The average Bonchev–Trinajstić information content (AvgIpc) is 2.63. The molecule has 0 spiro atoms. The summed E-state index contributed by atoms with van der Waals surface area (Å²) in [6, 6.07) is 10.3. The van der Waals surface area contributed by atoms with Gasteiger partial charge in [-0.15, -0.1) is 0 Å². The SMILES string of the molecule is CCS1(=O)=NC(c2ccccc2)CC1. The van der Waals surface area contributed by atoms with Gasteiger partial charge >= 0.3 is 0 Å². The lowest BCUT2D eigenvalue weighted by Crippen LogP contribution is -2.01. The number of hydrogen-bond acceptors (Lipinski definition) is 2. The Hall–Kier alpha value is -0.830. The molecule has 1 aromatic rings. The van der Waals surface area contributed by atoms with Gasteiger partial charge in [0.05, 0.1) is 6.04 Å². The molecule has 0 saturated carbocycles. The Morgan fingerprint density at radius 1 is 1.43 bits per heavy atom. The molecule has 0 aliphatic carbocycles. The smallest absolute Gasteiger partial charge is 0.0852 e. The van der Waals surface area contributed by atoms with Crippen molar-refractivity contribution in [1.82, 2.24) is 0 Å². The molecule has 2 rings (SSSR count). The van der Waals surface area contributed by atoms with Crippen LogP contribution in [-0.4, -0.2) is 15.7 Å². The maximum Gasteiger partial charge on any atom is 0.0852 e. The summed E-state index contributed by atoms with van der Waals surface area (Å²) in [5.41, 5.74) is 1.20. The third kappa shape index (κ3) is 1.82. The summed E-state index contributed by atoms with van der Waals surface area (Å²) < 4.78 is 16.4. The quantitative estimate of drug-likeness (QED) is 0.736. The Balaban J connectivity index is 2.29. The van der Waals surface area contributed by atoms with Crippen LogP contribution in [0.15, 0.2) is 34.7 Å². The highest BCUT2D eigenvalue weighted by molar-refractivity contribution is 7.93. The molecule has 1 aromatic carbocycles. The fourth-order valence-electron chi connectivity index (χ4n) is 1.75. The van der Waals surface area contributed by atoms with Crippen LogP contribution in [0.25, 0.3) is 0 Å².